The molecule has 0 aromatic rings. The van der Waals surface area contributed by atoms with Gasteiger partial charge in [0, 0.05) is 0 Å². The predicted molar refractivity (Wildman–Crippen MR) is 34.2 cm³/mol. The van der Waals surface area contributed by atoms with Gasteiger partial charge in [0.15, 0.2) is 0 Å². The van der Waals surface area contributed by atoms with Crippen LogP contribution in [0.25, 0.3) is 0 Å². The Balaban J connectivity index is 2.06. The Hall–Kier alpha value is -0.660. The zero-order chi connectivity index (χ0) is 8.51. The van der Waals surface area contributed by atoms with E-state index in [1.807, 2.05) is 0 Å². The molecule has 12 heavy (non-hydrogen) atoms. The third kappa shape index (κ3) is 0.584. The fourth-order valence-corrected chi connectivity index (χ4v) is 3.17. The highest BCUT2D eigenvalue weighted by atomic mass is 32.2. The molecule has 0 spiro atoms. The molecule has 3 heterocycles. The first-order chi connectivity index (χ1) is 5.61. The summed E-state index contributed by atoms with van der Waals surface area (Å²) >= 11 is 0. The number of carbonyl (C=O) groups is 1. The molecule has 0 aromatic carbocycles. The molecule has 0 saturated carbocycles. The molecule has 0 aliphatic carbocycles. The monoisotopic (exact) mass is 191 g/mol. The highest BCUT2D eigenvalue weighted by Crippen LogP contribution is 2.45. The lowest BCUT2D eigenvalue weighted by Crippen LogP contribution is -2.39. The number of morpholine rings is 1. The van der Waals surface area contributed by atoms with Crippen molar-refractivity contribution in [3.05, 3.63) is 0 Å². The van der Waals surface area contributed by atoms with E-state index < -0.39 is 22.3 Å². The topological polar surface area (TPSA) is 72.7 Å². The Morgan fingerprint density at radius 1 is 1.50 bits per heavy atom. The first-order valence-corrected chi connectivity index (χ1v) is 4.86. The zero-order valence-electron chi connectivity index (χ0n) is 5.84. The highest BCUT2D eigenvalue weighted by Gasteiger charge is 2.72. The quantitative estimate of drug-likeness (QED) is 0.335. The van der Waals surface area contributed by atoms with Crippen LogP contribution in [0.4, 0.5) is 0 Å². The van der Waals surface area contributed by atoms with Crippen LogP contribution >= 0.6 is 0 Å². The summed E-state index contributed by atoms with van der Waals surface area (Å²) in [6.07, 6.45) is -0.383. The molecule has 3 aliphatic rings. The Morgan fingerprint density at radius 3 is 2.92 bits per heavy atom. The first kappa shape index (κ1) is 6.81. The summed E-state index contributed by atoms with van der Waals surface area (Å²) in [5, 5.41) is 0. The summed E-state index contributed by atoms with van der Waals surface area (Å²) in [5.41, 5.74) is 0. The van der Waals surface area contributed by atoms with Gasteiger partial charge in [-0.3, -0.25) is 8.98 Å². The molecular formula is C5H5NO5S. The van der Waals surface area contributed by atoms with Crippen LogP contribution in [0.15, 0.2) is 0 Å². The second kappa shape index (κ2) is 1.66. The number of rotatable bonds is 0. The van der Waals surface area contributed by atoms with Crippen molar-refractivity contribution >= 4 is 16.3 Å². The van der Waals surface area contributed by atoms with Crippen molar-refractivity contribution in [2.45, 2.75) is 18.2 Å². The molecule has 7 heteroatoms. The van der Waals surface area contributed by atoms with Gasteiger partial charge >= 0.3 is 16.3 Å². The standard InChI is InChI=1S/C5H5NO5S/c7-5-4-3-2(11-5)1-10-12(8,9)6(3)4/h2-4H,1H2/t2-,3+,4+,6?/m1/s1. The smallest absolute Gasteiger partial charge is 0.339 e. The van der Waals surface area contributed by atoms with Gasteiger partial charge in [-0.05, 0) is 0 Å². The van der Waals surface area contributed by atoms with Crippen LogP contribution in [-0.4, -0.2) is 43.5 Å². The number of carbonyl (C=O) groups excluding carboxylic acids is 1. The second-order valence-corrected chi connectivity index (χ2v) is 4.50. The van der Waals surface area contributed by atoms with Crippen LogP contribution in [0.2, 0.25) is 0 Å². The molecule has 6 nitrogen and oxygen atoms in total. The summed E-state index contributed by atoms with van der Waals surface area (Å²) < 4.78 is 32.5. The molecule has 3 aliphatic heterocycles. The number of esters is 1. The van der Waals surface area contributed by atoms with Crippen LogP contribution in [0.5, 0.6) is 0 Å². The van der Waals surface area contributed by atoms with Gasteiger partial charge < -0.3 is 4.74 Å². The number of ether oxygens (including phenoxy) is 1. The summed E-state index contributed by atoms with van der Waals surface area (Å²) in [6.45, 7) is -0.0360. The zero-order valence-corrected chi connectivity index (χ0v) is 6.65. The maximum absolute atomic E-state index is 11.1. The lowest BCUT2D eigenvalue weighted by atomic mass is 10.2. The summed E-state index contributed by atoms with van der Waals surface area (Å²) in [4.78, 5) is 10.9. The number of hydrogen-bond acceptors (Lipinski definition) is 5. The lowest BCUT2D eigenvalue weighted by Gasteiger charge is -2.21. The number of hydrogen-bond donors (Lipinski definition) is 0. The van der Waals surface area contributed by atoms with E-state index in [2.05, 4.69) is 4.18 Å². The maximum atomic E-state index is 11.1. The highest BCUT2D eigenvalue weighted by molar-refractivity contribution is 7.84. The van der Waals surface area contributed by atoms with Crippen molar-refractivity contribution in [2.24, 2.45) is 0 Å². The van der Waals surface area contributed by atoms with Gasteiger partial charge in [0.25, 0.3) is 0 Å². The van der Waals surface area contributed by atoms with Crippen LogP contribution in [0.1, 0.15) is 0 Å². The van der Waals surface area contributed by atoms with E-state index in [9.17, 15) is 13.2 Å². The van der Waals surface area contributed by atoms with Crippen LogP contribution in [0, 0.1) is 0 Å². The third-order valence-corrected chi connectivity index (χ3v) is 3.75. The molecule has 4 atom stereocenters. The number of fused-ring (bicyclic) bond motifs is 1. The molecule has 0 radical (unpaired) electrons. The normalized spacial score (nSPS) is 52.8. The molecule has 1 unspecified atom stereocenters. The SMILES string of the molecule is O=C1O[C@@H]2COS(=O)(=O)N3[C@@H]2[C@@H]13. The van der Waals surface area contributed by atoms with Crippen molar-refractivity contribution < 1.29 is 22.1 Å². The van der Waals surface area contributed by atoms with E-state index in [0.717, 1.165) is 4.31 Å². The Bertz CT molecular complexity index is 362. The Kier molecular flexibility index (Phi) is 0.940. The fraction of sp³-hybridized carbons (Fsp3) is 0.800. The molecule has 3 fully saturated rings. The minimum Gasteiger partial charge on any atom is -0.457 e. The van der Waals surface area contributed by atoms with E-state index in [0.29, 0.717) is 0 Å². The van der Waals surface area contributed by atoms with Gasteiger partial charge in [-0.15, -0.1) is 0 Å². The Labute approximate surface area is 68.3 Å². The van der Waals surface area contributed by atoms with Crippen molar-refractivity contribution in [1.29, 1.82) is 0 Å². The van der Waals surface area contributed by atoms with E-state index >= 15 is 0 Å². The van der Waals surface area contributed by atoms with Crippen molar-refractivity contribution in [1.82, 2.24) is 4.31 Å². The molecule has 0 amide bonds. The van der Waals surface area contributed by atoms with Crippen molar-refractivity contribution in [2.75, 3.05) is 6.61 Å². The molecule has 0 bridgehead atoms. The van der Waals surface area contributed by atoms with Crippen molar-refractivity contribution in [3.63, 3.8) is 0 Å². The van der Waals surface area contributed by atoms with Crippen molar-refractivity contribution in [3.8, 4) is 0 Å². The predicted octanol–water partition coefficient (Wildman–Crippen LogP) is -1.76. The summed E-state index contributed by atoms with van der Waals surface area (Å²) in [5.74, 6) is -0.447. The van der Waals surface area contributed by atoms with Crippen LogP contribution in [0.3, 0.4) is 0 Å². The molecule has 3 saturated heterocycles. The molecular weight excluding hydrogens is 186 g/mol. The number of nitrogens with zero attached hydrogens (tertiary/aromatic N) is 1. The van der Waals surface area contributed by atoms with Gasteiger partial charge in [0.05, 0.1) is 6.04 Å². The summed E-state index contributed by atoms with van der Waals surface area (Å²) in [6, 6.07) is -0.876. The molecule has 66 valence electrons. The van der Waals surface area contributed by atoms with Gasteiger partial charge in [0.2, 0.25) is 0 Å². The fourth-order valence-electron chi connectivity index (χ4n) is 1.76. The van der Waals surface area contributed by atoms with Gasteiger partial charge in [-0.25, -0.2) is 0 Å². The second-order valence-electron chi connectivity index (χ2n) is 2.98. The Morgan fingerprint density at radius 2 is 2.25 bits per heavy atom. The third-order valence-electron chi connectivity index (χ3n) is 2.33. The molecule has 0 N–H and O–H groups in total. The minimum absolute atomic E-state index is 0.0360. The average molecular weight is 191 g/mol. The van der Waals surface area contributed by atoms with Crippen LogP contribution in [-0.2, 0) is 24.0 Å². The van der Waals surface area contributed by atoms with Gasteiger partial charge in [0.1, 0.15) is 18.8 Å². The van der Waals surface area contributed by atoms with E-state index in [1.54, 1.807) is 0 Å². The van der Waals surface area contributed by atoms with E-state index in [1.165, 1.54) is 0 Å². The minimum atomic E-state index is -3.62. The van der Waals surface area contributed by atoms with Crippen LogP contribution < -0.4 is 0 Å². The summed E-state index contributed by atoms with van der Waals surface area (Å²) in [7, 11) is -3.62. The lowest BCUT2D eigenvalue weighted by molar-refractivity contribution is -0.147. The molecule has 0 aromatic heterocycles. The van der Waals surface area contributed by atoms with E-state index in [-0.39, 0.29) is 18.8 Å². The maximum Gasteiger partial charge on any atom is 0.339 e. The molecule has 3 rings (SSSR count). The largest absolute Gasteiger partial charge is 0.457 e. The first-order valence-electron chi connectivity index (χ1n) is 3.50. The van der Waals surface area contributed by atoms with Gasteiger partial charge in [-0.1, -0.05) is 0 Å². The van der Waals surface area contributed by atoms with Gasteiger partial charge in [-0.2, -0.15) is 12.7 Å². The van der Waals surface area contributed by atoms with E-state index in [4.69, 9.17) is 4.74 Å². The average Bonchev–Trinajstić information content (AvgIpc) is 2.64.